The fourth-order valence-electron chi connectivity index (χ4n) is 1.29. The summed E-state index contributed by atoms with van der Waals surface area (Å²) >= 11 is 1.68. The third-order valence-electron chi connectivity index (χ3n) is 2.04. The molecule has 0 saturated carbocycles. The molecule has 0 spiro atoms. The van der Waals surface area contributed by atoms with Crippen LogP contribution in [0.1, 0.15) is 5.82 Å². The van der Waals surface area contributed by atoms with Crippen LogP contribution in [0.3, 0.4) is 0 Å². The quantitative estimate of drug-likeness (QED) is 0.826. The molecule has 0 unspecified atom stereocenters. The molecule has 0 aromatic carbocycles. The van der Waals surface area contributed by atoms with Crippen LogP contribution in [0, 0.1) is 0 Å². The van der Waals surface area contributed by atoms with E-state index < -0.39 is 0 Å². The number of nitrogens with zero attached hydrogens (tertiary/aromatic N) is 3. The molecule has 0 aliphatic heterocycles. The summed E-state index contributed by atoms with van der Waals surface area (Å²) in [7, 11) is 3.89. The normalized spacial score (nSPS) is 10.7. The molecule has 2 aromatic heterocycles. The van der Waals surface area contributed by atoms with E-state index in [1.54, 1.807) is 11.3 Å². The molecule has 1 N–H and O–H groups in total. The first-order valence-electron chi connectivity index (χ1n) is 4.39. The monoisotopic (exact) mass is 208 g/mol. The molecule has 0 amide bonds. The number of thiophene rings is 1. The molecule has 0 aliphatic carbocycles. The largest absolute Gasteiger partial charge is 0.313 e. The van der Waals surface area contributed by atoms with Crippen molar-refractivity contribution in [1.29, 1.82) is 0 Å². The number of hydrogen-bond acceptors (Lipinski definition) is 4. The van der Waals surface area contributed by atoms with Gasteiger partial charge in [-0.05, 0) is 18.5 Å². The van der Waals surface area contributed by atoms with Crippen molar-refractivity contribution in [2.24, 2.45) is 7.05 Å². The Balaban J connectivity index is 2.36. The van der Waals surface area contributed by atoms with Crippen LogP contribution < -0.4 is 5.32 Å². The Labute approximate surface area is 86.6 Å². The van der Waals surface area contributed by atoms with Gasteiger partial charge in [0.1, 0.15) is 5.82 Å². The van der Waals surface area contributed by atoms with Crippen LogP contribution in [0.5, 0.6) is 0 Å². The summed E-state index contributed by atoms with van der Waals surface area (Å²) in [5.41, 5.74) is 0. The molecule has 0 saturated heterocycles. The van der Waals surface area contributed by atoms with Crippen LogP contribution >= 0.6 is 11.3 Å². The van der Waals surface area contributed by atoms with E-state index in [1.165, 1.54) is 0 Å². The summed E-state index contributed by atoms with van der Waals surface area (Å²) in [5.74, 6) is 1.89. The highest BCUT2D eigenvalue weighted by molar-refractivity contribution is 7.13. The van der Waals surface area contributed by atoms with Gasteiger partial charge in [0, 0.05) is 7.05 Å². The van der Waals surface area contributed by atoms with E-state index in [2.05, 4.69) is 21.6 Å². The SMILES string of the molecule is CNCc1nnc(-c2cccs2)n1C. The smallest absolute Gasteiger partial charge is 0.173 e. The van der Waals surface area contributed by atoms with E-state index >= 15 is 0 Å². The highest BCUT2D eigenvalue weighted by atomic mass is 32.1. The van der Waals surface area contributed by atoms with Crippen LogP contribution in [0.25, 0.3) is 10.7 Å². The van der Waals surface area contributed by atoms with Crippen LogP contribution in [-0.2, 0) is 13.6 Å². The molecule has 0 bridgehead atoms. The summed E-state index contributed by atoms with van der Waals surface area (Å²) in [5, 5.41) is 13.4. The third-order valence-corrected chi connectivity index (χ3v) is 2.91. The first-order chi connectivity index (χ1) is 6.83. The number of hydrogen-bond donors (Lipinski definition) is 1. The Morgan fingerprint density at radius 3 is 3.00 bits per heavy atom. The topological polar surface area (TPSA) is 42.7 Å². The fraction of sp³-hybridized carbons (Fsp3) is 0.333. The van der Waals surface area contributed by atoms with Crippen molar-refractivity contribution >= 4 is 11.3 Å². The molecule has 74 valence electrons. The predicted molar refractivity (Wildman–Crippen MR) is 57.1 cm³/mol. The van der Waals surface area contributed by atoms with Crippen molar-refractivity contribution in [2.45, 2.75) is 6.54 Å². The Bertz CT molecular complexity index is 404. The molecular formula is C9H12N4S. The summed E-state index contributed by atoms with van der Waals surface area (Å²) in [4.78, 5) is 1.15. The second-order valence-electron chi connectivity index (χ2n) is 3.01. The van der Waals surface area contributed by atoms with Gasteiger partial charge in [-0.1, -0.05) is 6.07 Å². The van der Waals surface area contributed by atoms with Gasteiger partial charge >= 0.3 is 0 Å². The van der Waals surface area contributed by atoms with Gasteiger partial charge in [0.25, 0.3) is 0 Å². The summed E-state index contributed by atoms with van der Waals surface area (Å²) in [6.45, 7) is 0.745. The van der Waals surface area contributed by atoms with E-state index in [4.69, 9.17) is 0 Å². The molecule has 4 nitrogen and oxygen atoms in total. The maximum atomic E-state index is 4.16. The minimum Gasteiger partial charge on any atom is -0.313 e. The van der Waals surface area contributed by atoms with Crippen LogP contribution in [0.15, 0.2) is 17.5 Å². The van der Waals surface area contributed by atoms with Gasteiger partial charge in [-0.15, -0.1) is 21.5 Å². The van der Waals surface area contributed by atoms with E-state index in [-0.39, 0.29) is 0 Å². The Hall–Kier alpha value is -1.20. The van der Waals surface area contributed by atoms with Gasteiger partial charge in [-0.25, -0.2) is 0 Å². The lowest BCUT2D eigenvalue weighted by molar-refractivity contribution is 0.709. The predicted octanol–water partition coefficient (Wildman–Crippen LogP) is 1.26. The fourth-order valence-corrected chi connectivity index (χ4v) is 2.04. The Morgan fingerprint density at radius 2 is 2.36 bits per heavy atom. The molecule has 0 aliphatic rings. The second kappa shape index (κ2) is 3.89. The molecule has 0 atom stereocenters. The van der Waals surface area contributed by atoms with E-state index in [0.29, 0.717) is 0 Å². The van der Waals surface area contributed by atoms with Gasteiger partial charge in [-0.3, -0.25) is 0 Å². The van der Waals surface area contributed by atoms with Crippen LogP contribution in [0.4, 0.5) is 0 Å². The lowest BCUT2D eigenvalue weighted by Gasteiger charge is -2.00. The Morgan fingerprint density at radius 1 is 1.50 bits per heavy atom. The molecule has 5 heteroatoms. The van der Waals surface area contributed by atoms with Gasteiger partial charge in [0.05, 0.1) is 11.4 Å². The van der Waals surface area contributed by atoms with Crippen molar-refractivity contribution in [1.82, 2.24) is 20.1 Å². The zero-order chi connectivity index (χ0) is 9.97. The molecule has 14 heavy (non-hydrogen) atoms. The maximum Gasteiger partial charge on any atom is 0.173 e. The highest BCUT2D eigenvalue weighted by Gasteiger charge is 2.09. The summed E-state index contributed by atoms with van der Waals surface area (Å²) in [6, 6.07) is 4.07. The highest BCUT2D eigenvalue weighted by Crippen LogP contribution is 2.22. The van der Waals surface area contributed by atoms with Crippen molar-refractivity contribution in [3.05, 3.63) is 23.3 Å². The first kappa shape index (κ1) is 9.36. The number of nitrogens with one attached hydrogen (secondary N) is 1. The zero-order valence-electron chi connectivity index (χ0n) is 8.19. The lowest BCUT2D eigenvalue weighted by atomic mass is 10.4. The average Bonchev–Trinajstić information content (AvgIpc) is 2.77. The van der Waals surface area contributed by atoms with Crippen molar-refractivity contribution in [2.75, 3.05) is 7.05 Å². The van der Waals surface area contributed by atoms with Crippen molar-refractivity contribution in [3.63, 3.8) is 0 Å². The summed E-state index contributed by atoms with van der Waals surface area (Å²) < 4.78 is 2.02. The molecule has 2 rings (SSSR count). The number of rotatable bonds is 3. The van der Waals surface area contributed by atoms with Crippen molar-refractivity contribution in [3.8, 4) is 10.7 Å². The molecule has 2 heterocycles. The molecular weight excluding hydrogens is 196 g/mol. The molecule has 0 radical (unpaired) electrons. The first-order valence-corrected chi connectivity index (χ1v) is 5.27. The van der Waals surface area contributed by atoms with Crippen LogP contribution in [-0.4, -0.2) is 21.8 Å². The average molecular weight is 208 g/mol. The van der Waals surface area contributed by atoms with E-state index in [0.717, 1.165) is 23.1 Å². The molecule has 0 fully saturated rings. The van der Waals surface area contributed by atoms with Crippen molar-refractivity contribution < 1.29 is 0 Å². The Kier molecular flexibility index (Phi) is 2.60. The third kappa shape index (κ3) is 1.56. The van der Waals surface area contributed by atoms with Gasteiger partial charge in [0.15, 0.2) is 5.82 Å². The maximum absolute atomic E-state index is 4.16. The standard InChI is InChI=1S/C9H12N4S/c1-10-6-8-11-12-9(13(8)2)7-4-3-5-14-7/h3-5,10H,6H2,1-2H3. The second-order valence-corrected chi connectivity index (χ2v) is 3.95. The van der Waals surface area contributed by atoms with E-state index in [9.17, 15) is 0 Å². The minimum absolute atomic E-state index is 0.745. The minimum atomic E-state index is 0.745. The number of aromatic nitrogens is 3. The molecule has 2 aromatic rings. The van der Waals surface area contributed by atoms with E-state index in [1.807, 2.05) is 30.1 Å². The summed E-state index contributed by atoms with van der Waals surface area (Å²) in [6.07, 6.45) is 0. The zero-order valence-corrected chi connectivity index (χ0v) is 9.01. The van der Waals surface area contributed by atoms with Crippen LogP contribution in [0.2, 0.25) is 0 Å². The van der Waals surface area contributed by atoms with Gasteiger partial charge < -0.3 is 9.88 Å². The lowest BCUT2D eigenvalue weighted by Crippen LogP contribution is -2.10. The van der Waals surface area contributed by atoms with Gasteiger partial charge in [0.2, 0.25) is 0 Å². The van der Waals surface area contributed by atoms with Gasteiger partial charge in [-0.2, -0.15) is 0 Å².